The molecule has 1 saturated heterocycles. The quantitative estimate of drug-likeness (QED) is 0.789. The van der Waals surface area contributed by atoms with Crippen LogP contribution in [0.1, 0.15) is 18.4 Å². The lowest BCUT2D eigenvalue weighted by Gasteiger charge is -2.15. The van der Waals surface area contributed by atoms with Crippen molar-refractivity contribution in [1.29, 1.82) is 5.26 Å². The summed E-state index contributed by atoms with van der Waals surface area (Å²) in [5, 5.41) is 12.2. The van der Waals surface area contributed by atoms with E-state index in [2.05, 4.69) is 21.3 Å². The molecule has 0 spiro atoms. The highest BCUT2D eigenvalue weighted by atomic mass is 16.1. The molecule has 3 N–H and O–H groups in total. The molecule has 6 nitrogen and oxygen atoms in total. The maximum Gasteiger partial charge on any atom is 0.218 e. The summed E-state index contributed by atoms with van der Waals surface area (Å²) in [5.41, 5.74) is 5.72. The van der Waals surface area contributed by atoms with Crippen LogP contribution < -0.4 is 11.1 Å². The van der Waals surface area contributed by atoms with Gasteiger partial charge in [0.25, 0.3) is 0 Å². The summed E-state index contributed by atoms with van der Waals surface area (Å²) in [6, 6.07) is 5.63. The lowest BCUT2D eigenvalue weighted by molar-refractivity contribution is -0.118. The summed E-state index contributed by atoms with van der Waals surface area (Å²) >= 11 is 0. The number of nitriles is 1. The summed E-state index contributed by atoms with van der Waals surface area (Å²) in [6.07, 6.45) is 3.18. The third-order valence-corrected chi connectivity index (χ3v) is 3.53. The Labute approximate surface area is 118 Å². The number of hydrogen-bond donors (Lipinski definition) is 2. The Hall–Kier alpha value is -2.13. The number of likely N-dealkylation sites (tertiary alicyclic amines) is 1. The Bertz CT molecular complexity index is 511. The van der Waals surface area contributed by atoms with E-state index in [4.69, 9.17) is 11.0 Å². The number of carbonyl (C=O) groups is 1. The van der Waals surface area contributed by atoms with Crippen molar-refractivity contribution in [2.75, 3.05) is 31.5 Å². The number of nitrogens with zero attached hydrogens (tertiary/aromatic N) is 3. The van der Waals surface area contributed by atoms with Gasteiger partial charge >= 0.3 is 0 Å². The normalized spacial score (nSPS) is 18.6. The molecule has 0 radical (unpaired) electrons. The van der Waals surface area contributed by atoms with Gasteiger partial charge in [-0.25, -0.2) is 4.98 Å². The molecule has 1 aliphatic heterocycles. The van der Waals surface area contributed by atoms with Crippen molar-refractivity contribution in [1.82, 2.24) is 9.88 Å². The van der Waals surface area contributed by atoms with Crippen molar-refractivity contribution in [3.05, 3.63) is 23.9 Å². The molecular weight excluding hydrogens is 254 g/mol. The number of anilines is 1. The molecule has 2 heterocycles. The van der Waals surface area contributed by atoms with Crippen LogP contribution in [0.4, 0.5) is 5.82 Å². The molecule has 0 bridgehead atoms. The molecule has 1 aromatic rings. The van der Waals surface area contributed by atoms with Crippen LogP contribution in [-0.4, -0.2) is 42.0 Å². The van der Waals surface area contributed by atoms with Crippen LogP contribution in [0, 0.1) is 17.2 Å². The zero-order valence-corrected chi connectivity index (χ0v) is 11.4. The van der Waals surface area contributed by atoms with Gasteiger partial charge < -0.3 is 16.0 Å². The van der Waals surface area contributed by atoms with Gasteiger partial charge in [0.2, 0.25) is 5.91 Å². The second kappa shape index (κ2) is 6.87. The summed E-state index contributed by atoms with van der Waals surface area (Å²) < 4.78 is 0. The predicted octanol–water partition coefficient (Wildman–Crippen LogP) is 0.562. The summed E-state index contributed by atoms with van der Waals surface area (Å²) in [6.45, 7) is 3.47. The molecule has 0 aromatic carbocycles. The molecule has 1 fully saturated rings. The third-order valence-electron chi connectivity index (χ3n) is 3.53. The number of nitrogens with two attached hydrogens (primary N) is 1. The van der Waals surface area contributed by atoms with Gasteiger partial charge in [-0.3, -0.25) is 4.79 Å². The van der Waals surface area contributed by atoms with Gasteiger partial charge in [0.15, 0.2) is 0 Å². The fraction of sp³-hybridized carbons (Fsp3) is 0.500. The largest absolute Gasteiger partial charge is 0.370 e. The van der Waals surface area contributed by atoms with Crippen LogP contribution in [-0.2, 0) is 4.79 Å². The van der Waals surface area contributed by atoms with E-state index in [1.54, 1.807) is 18.3 Å². The summed E-state index contributed by atoms with van der Waals surface area (Å²) in [5.74, 6) is 0.903. The molecule has 1 aliphatic rings. The molecule has 0 saturated carbocycles. The van der Waals surface area contributed by atoms with Gasteiger partial charge in [-0.15, -0.1) is 0 Å². The molecule has 6 heteroatoms. The zero-order valence-electron chi connectivity index (χ0n) is 11.4. The highest BCUT2D eigenvalue weighted by molar-refractivity contribution is 5.73. The first-order chi connectivity index (χ1) is 9.69. The highest BCUT2D eigenvalue weighted by Gasteiger charge is 2.22. The smallest absolute Gasteiger partial charge is 0.218 e. The van der Waals surface area contributed by atoms with Crippen LogP contribution in [0.25, 0.3) is 0 Å². The number of primary amides is 1. The molecule has 106 valence electrons. The summed E-state index contributed by atoms with van der Waals surface area (Å²) in [4.78, 5) is 17.2. The van der Waals surface area contributed by atoms with Crippen LogP contribution in [0.2, 0.25) is 0 Å². The average Bonchev–Trinajstić information content (AvgIpc) is 2.91. The molecule has 20 heavy (non-hydrogen) atoms. The van der Waals surface area contributed by atoms with Crippen LogP contribution >= 0.6 is 0 Å². The Morgan fingerprint density at radius 1 is 1.65 bits per heavy atom. The van der Waals surface area contributed by atoms with Crippen molar-refractivity contribution in [2.45, 2.75) is 12.8 Å². The van der Waals surface area contributed by atoms with E-state index in [0.29, 0.717) is 23.7 Å². The number of rotatable bonds is 6. The number of amides is 1. The fourth-order valence-corrected chi connectivity index (χ4v) is 2.43. The minimum absolute atomic E-state index is 0.251. The first kappa shape index (κ1) is 14.3. The van der Waals surface area contributed by atoms with E-state index in [0.717, 1.165) is 32.6 Å². The Balaban J connectivity index is 1.78. The van der Waals surface area contributed by atoms with E-state index in [1.165, 1.54) is 0 Å². The van der Waals surface area contributed by atoms with Gasteiger partial charge in [0.1, 0.15) is 11.9 Å². The standard InChI is InChI=1S/C14H19N5O/c15-8-12-2-1-5-17-14(12)18-9-11-3-6-19(10-11)7-4-13(16)20/h1-2,5,11H,3-4,6-7,9-10H2,(H2,16,20)(H,17,18). The van der Waals surface area contributed by atoms with Gasteiger partial charge in [-0.05, 0) is 31.0 Å². The van der Waals surface area contributed by atoms with Crippen molar-refractivity contribution in [2.24, 2.45) is 11.7 Å². The first-order valence-electron chi connectivity index (χ1n) is 6.78. The van der Waals surface area contributed by atoms with E-state index in [1.807, 2.05) is 0 Å². The Morgan fingerprint density at radius 3 is 3.25 bits per heavy atom. The Morgan fingerprint density at radius 2 is 2.50 bits per heavy atom. The average molecular weight is 273 g/mol. The molecule has 1 amide bonds. The zero-order chi connectivity index (χ0) is 14.4. The van der Waals surface area contributed by atoms with Gasteiger partial charge in [0.05, 0.1) is 5.56 Å². The van der Waals surface area contributed by atoms with E-state index in [-0.39, 0.29) is 5.91 Å². The monoisotopic (exact) mass is 273 g/mol. The van der Waals surface area contributed by atoms with Gasteiger partial charge in [-0.2, -0.15) is 5.26 Å². The Kier molecular flexibility index (Phi) is 4.91. The van der Waals surface area contributed by atoms with Crippen molar-refractivity contribution < 1.29 is 4.79 Å². The van der Waals surface area contributed by atoms with Crippen molar-refractivity contribution in [3.63, 3.8) is 0 Å². The second-order valence-electron chi connectivity index (χ2n) is 5.06. The van der Waals surface area contributed by atoms with E-state index in [9.17, 15) is 4.79 Å². The molecule has 0 aliphatic carbocycles. The van der Waals surface area contributed by atoms with E-state index < -0.39 is 0 Å². The number of hydrogen-bond acceptors (Lipinski definition) is 5. The maximum atomic E-state index is 10.8. The highest BCUT2D eigenvalue weighted by Crippen LogP contribution is 2.18. The van der Waals surface area contributed by atoms with Gasteiger partial charge in [-0.1, -0.05) is 0 Å². The van der Waals surface area contributed by atoms with Crippen molar-refractivity contribution >= 4 is 11.7 Å². The topological polar surface area (TPSA) is 95.0 Å². The second-order valence-corrected chi connectivity index (χ2v) is 5.06. The fourth-order valence-electron chi connectivity index (χ4n) is 2.43. The van der Waals surface area contributed by atoms with Gasteiger partial charge in [0, 0.05) is 32.3 Å². The molecule has 2 rings (SSSR count). The minimum Gasteiger partial charge on any atom is -0.370 e. The number of nitrogens with one attached hydrogen (secondary N) is 1. The molecule has 1 aromatic heterocycles. The van der Waals surface area contributed by atoms with Crippen LogP contribution in [0.15, 0.2) is 18.3 Å². The lowest BCUT2D eigenvalue weighted by atomic mass is 10.1. The SMILES string of the molecule is N#Cc1cccnc1NCC1CCN(CCC(N)=O)C1. The number of carbonyl (C=O) groups excluding carboxylic acids is 1. The predicted molar refractivity (Wildman–Crippen MR) is 75.8 cm³/mol. The molecule has 1 atom stereocenters. The summed E-state index contributed by atoms with van der Waals surface area (Å²) in [7, 11) is 0. The van der Waals surface area contributed by atoms with E-state index >= 15 is 0 Å². The van der Waals surface area contributed by atoms with Crippen LogP contribution in [0.5, 0.6) is 0 Å². The lowest BCUT2D eigenvalue weighted by Crippen LogP contribution is -2.27. The molecule has 1 unspecified atom stereocenters. The first-order valence-corrected chi connectivity index (χ1v) is 6.78. The number of aromatic nitrogens is 1. The molecular formula is C14H19N5O. The van der Waals surface area contributed by atoms with Crippen LogP contribution in [0.3, 0.4) is 0 Å². The minimum atomic E-state index is -0.251. The third kappa shape index (κ3) is 3.93. The maximum absolute atomic E-state index is 10.8. The van der Waals surface area contributed by atoms with Crippen molar-refractivity contribution in [3.8, 4) is 6.07 Å². The number of pyridine rings is 1.